The molecule has 4 rings (SSSR count). The summed E-state index contributed by atoms with van der Waals surface area (Å²) in [5, 5.41) is 3.05. The third-order valence-corrected chi connectivity index (χ3v) is 4.78. The lowest BCUT2D eigenvalue weighted by atomic mass is 9.72. The predicted molar refractivity (Wildman–Crippen MR) is 78.7 cm³/mol. The van der Waals surface area contributed by atoms with Crippen molar-refractivity contribution in [1.82, 2.24) is 5.32 Å². The summed E-state index contributed by atoms with van der Waals surface area (Å²) < 4.78 is 0. The van der Waals surface area contributed by atoms with Crippen molar-refractivity contribution in [3.63, 3.8) is 0 Å². The van der Waals surface area contributed by atoms with E-state index in [1.165, 1.54) is 22.3 Å². The van der Waals surface area contributed by atoms with Gasteiger partial charge in [0.05, 0.1) is 0 Å². The summed E-state index contributed by atoms with van der Waals surface area (Å²) in [6.45, 7) is 0.722. The van der Waals surface area contributed by atoms with E-state index in [0.29, 0.717) is 6.42 Å². The molecule has 2 aliphatic rings. The Bertz CT molecular complexity index is 642. The maximum Gasteiger partial charge on any atom is 0.221 e. The highest BCUT2D eigenvalue weighted by molar-refractivity contribution is 5.82. The second-order valence-corrected chi connectivity index (χ2v) is 5.85. The summed E-state index contributed by atoms with van der Waals surface area (Å²) in [6.07, 6.45) is 2.69. The first kappa shape index (κ1) is 11.7. The summed E-state index contributed by atoms with van der Waals surface area (Å²) in [5.41, 5.74) is 5.29. The number of amides is 1. The van der Waals surface area contributed by atoms with E-state index in [1.807, 2.05) is 0 Å². The third-order valence-electron chi connectivity index (χ3n) is 4.78. The van der Waals surface area contributed by atoms with Gasteiger partial charge in [-0.15, -0.1) is 0 Å². The van der Waals surface area contributed by atoms with Crippen molar-refractivity contribution in [2.75, 3.05) is 6.54 Å². The Balaban J connectivity index is 2.02. The van der Waals surface area contributed by atoms with E-state index >= 15 is 0 Å². The molecule has 2 aromatic carbocycles. The van der Waals surface area contributed by atoms with Crippen molar-refractivity contribution in [3.8, 4) is 0 Å². The smallest absolute Gasteiger partial charge is 0.221 e. The zero-order valence-electron chi connectivity index (χ0n) is 11.4. The zero-order valence-corrected chi connectivity index (χ0v) is 11.4. The lowest BCUT2D eigenvalue weighted by Crippen LogP contribution is -2.31. The van der Waals surface area contributed by atoms with Gasteiger partial charge in [0, 0.05) is 18.4 Å². The first-order valence-electron chi connectivity index (χ1n) is 7.23. The van der Waals surface area contributed by atoms with Gasteiger partial charge in [-0.25, -0.2) is 0 Å². The molecule has 20 heavy (non-hydrogen) atoms. The highest BCUT2D eigenvalue weighted by atomic mass is 16.1. The van der Waals surface area contributed by atoms with Crippen molar-refractivity contribution in [1.29, 1.82) is 0 Å². The number of carbonyl (C=O) groups excluding carboxylic acids is 1. The average molecular weight is 263 g/mol. The van der Waals surface area contributed by atoms with Crippen LogP contribution in [0.25, 0.3) is 0 Å². The molecule has 0 saturated carbocycles. The first-order chi connectivity index (χ1) is 9.79. The molecule has 0 radical (unpaired) electrons. The van der Waals surface area contributed by atoms with Crippen molar-refractivity contribution in [2.24, 2.45) is 0 Å². The van der Waals surface area contributed by atoms with Crippen LogP contribution in [0.4, 0.5) is 0 Å². The standard InChI is InChI=1S/C18H17NO/c20-17-11-18(12-19-17)15-7-3-1-5-13(15)9-10-14-6-2-4-8-16(14)18/h1-8H,9-12H2,(H,19,20). The molecule has 0 atom stereocenters. The van der Waals surface area contributed by atoms with Crippen molar-refractivity contribution in [3.05, 3.63) is 70.8 Å². The SMILES string of the molecule is O=C1CC2(CN1)c1ccccc1CCc1ccccc12. The lowest BCUT2D eigenvalue weighted by Gasteiger charge is -2.30. The van der Waals surface area contributed by atoms with Crippen LogP contribution in [0.15, 0.2) is 48.5 Å². The summed E-state index contributed by atoms with van der Waals surface area (Å²) in [7, 11) is 0. The topological polar surface area (TPSA) is 29.1 Å². The van der Waals surface area contributed by atoms with Crippen LogP contribution < -0.4 is 5.32 Å². The normalized spacial score (nSPS) is 19.1. The van der Waals surface area contributed by atoms with Crippen LogP contribution >= 0.6 is 0 Å². The third kappa shape index (κ3) is 1.54. The number of hydrogen-bond donors (Lipinski definition) is 1. The fourth-order valence-electron chi connectivity index (χ4n) is 3.85. The maximum atomic E-state index is 11.9. The Morgan fingerprint density at radius 1 is 0.850 bits per heavy atom. The number of carbonyl (C=O) groups is 1. The Labute approximate surface area is 118 Å². The van der Waals surface area contributed by atoms with Crippen LogP contribution in [0.1, 0.15) is 28.7 Å². The molecule has 2 heteroatoms. The highest BCUT2D eigenvalue weighted by Crippen LogP contribution is 2.43. The van der Waals surface area contributed by atoms with Crippen LogP contribution in [0.5, 0.6) is 0 Å². The van der Waals surface area contributed by atoms with Gasteiger partial charge in [-0.1, -0.05) is 48.5 Å². The fraction of sp³-hybridized carbons (Fsp3) is 0.278. The molecule has 1 aliphatic heterocycles. The Morgan fingerprint density at radius 2 is 1.40 bits per heavy atom. The van der Waals surface area contributed by atoms with Gasteiger partial charge in [-0.3, -0.25) is 4.79 Å². The Kier molecular flexibility index (Phi) is 2.46. The van der Waals surface area contributed by atoms with Gasteiger partial charge in [0.1, 0.15) is 0 Å². The van der Waals surface area contributed by atoms with E-state index in [0.717, 1.165) is 19.4 Å². The van der Waals surface area contributed by atoms with Crippen molar-refractivity contribution >= 4 is 5.91 Å². The van der Waals surface area contributed by atoms with Crippen LogP contribution in [-0.2, 0) is 23.1 Å². The van der Waals surface area contributed by atoms with Gasteiger partial charge >= 0.3 is 0 Å². The molecule has 1 N–H and O–H groups in total. The van der Waals surface area contributed by atoms with E-state index in [4.69, 9.17) is 0 Å². The van der Waals surface area contributed by atoms with Crippen molar-refractivity contribution < 1.29 is 4.79 Å². The summed E-state index contributed by atoms with van der Waals surface area (Å²) in [5.74, 6) is 0.163. The Morgan fingerprint density at radius 3 is 1.90 bits per heavy atom. The van der Waals surface area contributed by atoms with E-state index in [-0.39, 0.29) is 11.3 Å². The van der Waals surface area contributed by atoms with E-state index in [9.17, 15) is 4.79 Å². The molecule has 1 heterocycles. The predicted octanol–water partition coefficient (Wildman–Crippen LogP) is 2.59. The summed E-state index contributed by atoms with van der Waals surface area (Å²) in [4.78, 5) is 11.9. The number of aryl methyl sites for hydroxylation is 2. The van der Waals surface area contributed by atoms with Gasteiger partial charge in [0.2, 0.25) is 5.91 Å². The van der Waals surface area contributed by atoms with E-state index < -0.39 is 0 Å². The number of rotatable bonds is 0. The molecule has 1 saturated heterocycles. The van der Waals surface area contributed by atoms with Gasteiger partial charge in [-0.2, -0.15) is 0 Å². The molecule has 1 fully saturated rings. The summed E-state index contributed by atoms with van der Waals surface area (Å²) in [6, 6.07) is 17.2. The van der Waals surface area contributed by atoms with E-state index in [1.54, 1.807) is 0 Å². The molecule has 1 spiro atoms. The van der Waals surface area contributed by atoms with Crippen LogP contribution in [0.2, 0.25) is 0 Å². The van der Waals surface area contributed by atoms with Crippen molar-refractivity contribution in [2.45, 2.75) is 24.7 Å². The average Bonchev–Trinajstić information content (AvgIpc) is 2.82. The molecule has 1 amide bonds. The lowest BCUT2D eigenvalue weighted by molar-refractivity contribution is -0.119. The largest absolute Gasteiger partial charge is 0.355 e. The molecule has 1 aliphatic carbocycles. The summed E-state index contributed by atoms with van der Waals surface area (Å²) >= 11 is 0. The number of hydrogen-bond acceptors (Lipinski definition) is 1. The fourth-order valence-corrected chi connectivity index (χ4v) is 3.85. The van der Waals surface area contributed by atoms with Gasteiger partial charge in [0.25, 0.3) is 0 Å². The number of benzene rings is 2. The minimum atomic E-state index is -0.166. The highest BCUT2D eigenvalue weighted by Gasteiger charge is 2.44. The van der Waals surface area contributed by atoms with Gasteiger partial charge < -0.3 is 5.32 Å². The van der Waals surface area contributed by atoms with E-state index in [2.05, 4.69) is 53.8 Å². The second-order valence-electron chi connectivity index (χ2n) is 5.85. The molecule has 0 bridgehead atoms. The minimum absolute atomic E-state index is 0.163. The number of nitrogens with one attached hydrogen (secondary N) is 1. The Hall–Kier alpha value is -2.09. The van der Waals surface area contributed by atoms with Gasteiger partial charge in [-0.05, 0) is 35.1 Å². The number of fused-ring (bicyclic) bond motifs is 4. The van der Waals surface area contributed by atoms with Gasteiger partial charge in [0.15, 0.2) is 0 Å². The molecule has 0 unspecified atom stereocenters. The molecule has 0 aromatic heterocycles. The minimum Gasteiger partial charge on any atom is -0.355 e. The molecule has 2 nitrogen and oxygen atoms in total. The second kappa shape index (κ2) is 4.20. The molecular weight excluding hydrogens is 246 g/mol. The maximum absolute atomic E-state index is 11.9. The zero-order chi connectivity index (χ0) is 13.6. The quantitative estimate of drug-likeness (QED) is 0.777. The first-order valence-corrected chi connectivity index (χ1v) is 7.23. The van der Waals surface area contributed by atoms with Crippen LogP contribution in [-0.4, -0.2) is 12.5 Å². The van der Waals surface area contributed by atoms with Crippen LogP contribution in [0, 0.1) is 0 Å². The molecular formula is C18H17NO. The molecule has 100 valence electrons. The molecule has 2 aromatic rings. The van der Waals surface area contributed by atoms with Crippen LogP contribution in [0.3, 0.4) is 0 Å². The monoisotopic (exact) mass is 263 g/mol.